The molecule has 0 bridgehead atoms. The van der Waals surface area contributed by atoms with Crippen molar-refractivity contribution in [2.75, 3.05) is 5.73 Å². The molecule has 6 nitrogen and oxygen atoms in total. The Labute approximate surface area is 141 Å². The molecule has 1 fully saturated rings. The summed E-state index contributed by atoms with van der Waals surface area (Å²) in [5.41, 5.74) is 13.1. The summed E-state index contributed by atoms with van der Waals surface area (Å²) in [6.45, 7) is 2.20. The van der Waals surface area contributed by atoms with Crippen LogP contribution >= 0.6 is 0 Å². The van der Waals surface area contributed by atoms with Crippen LogP contribution in [-0.2, 0) is 6.42 Å². The van der Waals surface area contributed by atoms with Gasteiger partial charge < -0.3 is 16.8 Å². The summed E-state index contributed by atoms with van der Waals surface area (Å²) in [6.07, 6.45) is 5.94. The molecule has 0 aliphatic heterocycles. The van der Waals surface area contributed by atoms with Crippen molar-refractivity contribution in [2.45, 2.75) is 50.7 Å². The Balaban J connectivity index is 1.63. The van der Waals surface area contributed by atoms with E-state index in [1.807, 2.05) is 12.1 Å². The standard InChI is InChI=1S/C18H25N5O/c1-12(21-15-5-4-14(19)11-15)10-13-2-6-16(7-3-13)23-9-8-17(20)22-18(23)24/h2-3,6-9,12,14-15,21H,4-5,10-11,19H2,1H3,(H2,20,22,24)/t12?,14-,15+/m0/s1. The smallest absolute Gasteiger partial charge is 0.354 e. The second-order valence-electron chi connectivity index (χ2n) is 6.71. The Morgan fingerprint density at radius 2 is 2.04 bits per heavy atom. The van der Waals surface area contributed by atoms with Crippen LogP contribution in [0.3, 0.4) is 0 Å². The molecule has 1 aliphatic carbocycles. The van der Waals surface area contributed by atoms with Gasteiger partial charge in [-0.25, -0.2) is 4.79 Å². The summed E-state index contributed by atoms with van der Waals surface area (Å²) in [6, 6.07) is 10.9. The zero-order valence-electron chi connectivity index (χ0n) is 14.0. The first-order valence-corrected chi connectivity index (χ1v) is 8.47. The number of nitrogens with zero attached hydrogens (tertiary/aromatic N) is 2. The van der Waals surface area contributed by atoms with E-state index >= 15 is 0 Å². The van der Waals surface area contributed by atoms with Gasteiger partial charge in [-0.05, 0) is 56.4 Å². The van der Waals surface area contributed by atoms with E-state index in [4.69, 9.17) is 11.5 Å². The Bertz CT molecular complexity index is 740. The van der Waals surface area contributed by atoms with E-state index < -0.39 is 0 Å². The van der Waals surface area contributed by atoms with Gasteiger partial charge in [-0.2, -0.15) is 4.98 Å². The molecule has 128 valence electrons. The number of nitrogens with one attached hydrogen (secondary N) is 1. The van der Waals surface area contributed by atoms with Gasteiger partial charge in [-0.1, -0.05) is 12.1 Å². The van der Waals surface area contributed by atoms with E-state index in [-0.39, 0.29) is 11.5 Å². The largest absolute Gasteiger partial charge is 0.383 e. The average molecular weight is 327 g/mol. The van der Waals surface area contributed by atoms with E-state index in [9.17, 15) is 4.79 Å². The van der Waals surface area contributed by atoms with Crippen LogP contribution in [0.4, 0.5) is 5.82 Å². The summed E-state index contributed by atoms with van der Waals surface area (Å²) < 4.78 is 1.49. The van der Waals surface area contributed by atoms with Gasteiger partial charge in [0, 0.05) is 24.3 Å². The fourth-order valence-electron chi connectivity index (χ4n) is 3.39. The molecule has 1 unspecified atom stereocenters. The number of benzene rings is 1. The van der Waals surface area contributed by atoms with Crippen LogP contribution in [0.1, 0.15) is 31.7 Å². The Hall–Kier alpha value is -2.18. The van der Waals surface area contributed by atoms with Crippen LogP contribution in [0.25, 0.3) is 5.69 Å². The molecule has 1 aromatic carbocycles. The number of anilines is 1. The maximum Gasteiger partial charge on any atom is 0.354 e. The molecule has 0 spiro atoms. The number of aromatic nitrogens is 2. The lowest BCUT2D eigenvalue weighted by atomic mass is 10.1. The van der Waals surface area contributed by atoms with Crippen molar-refractivity contribution in [3.63, 3.8) is 0 Å². The van der Waals surface area contributed by atoms with Crippen LogP contribution in [0.5, 0.6) is 0 Å². The quantitative estimate of drug-likeness (QED) is 0.767. The number of rotatable bonds is 5. The maximum absolute atomic E-state index is 11.9. The van der Waals surface area contributed by atoms with Crippen LogP contribution in [0.2, 0.25) is 0 Å². The molecule has 0 radical (unpaired) electrons. The highest BCUT2D eigenvalue weighted by molar-refractivity contribution is 5.36. The highest BCUT2D eigenvalue weighted by Crippen LogP contribution is 2.18. The normalized spacial score (nSPS) is 21.8. The highest BCUT2D eigenvalue weighted by Gasteiger charge is 2.22. The van der Waals surface area contributed by atoms with E-state index in [1.165, 1.54) is 10.1 Å². The van der Waals surface area contributed by atoms with Crippen LogP contribution in [-0.4, -0.2) is 27.7 Å². The van der Waals surface area contributed by atoms with Gasteiger partial charge in [0.25, 0.3) is 0 Å². The predicted octanol–water partition coefficient (Wildman–Crippen LogP) is 1.22. The maximum atomic E-state index is 11.9. The zero-order chi connectivity index (χ0) is 17.1. The minimum Gasteiger partial charge on any atom is -0.383 e. The van der Waals surface area contributed by atoms with Crippen molar-refractivity contribution < 1.29 is 0 Å². The molecule has 1 aromatic heterocycles. The summed E-state index contributed by atoms with van der Waals surface area (Å²) in [5, 5.41) is 3.66. The Kier molecular flexibility index (Phi) is 4.97. The van der Waals surface area contributed by atoms with Crippen molar-refractivity contribution in [3.05, 3.63) is 52.6 Å². The molecule has 3 atom stereocenters. The molecule has 1 saturated carbocycles. The highest BCUT2D eigenvalue weighted by atomic mass is 16.1. The third-order valence-corrected chi connectivity index (χ3v) is 4.57. The molecule has 6 heteroatoms. The van der Waals surface area contributed by atoms with Gasteiger partial charge in [0.05, 0.1) is 5.69 Å². The van der Waals surface area contributed by atoms with Crippen molar-refractivity contribution >= 4 is 5.82 Å². The van der Waals surface area contributed by atoms with E-state index in [0.29, 0.717) is 18.1 Å². The molecular weight excluding hydrogens is 302 g/mol. The number of nitrogen functional groups attached to an aromatic ring is 1. The molecule has 5 N–H and O–H groups in total. The van der Waals surface area contributed by atoms with Gasteiger partial charge in [0.15, 0.2) is 0 Å². The average Bonchev–Trinajstić information content (AvgIpc) is 2.93. The SMILES string of the molecule is CC(Cc1ccc(-n2ccc(N)nc2=O)cc1)N[C@@H]1CC[C@H](N)C1. The molecule has 2 aromatic rings. The molecule has 0 saturated heterocycles. The first-order chi connectivity index (χ1) is 11.5. The van der Waals surface area contributed by atoms with Gasteiger partial charge in [-0.15, -0.1) is 0 Å². The minimum absolute atomic E-state index is 0.236. The molecule has 1 heterocycles. The minimum atomic E-state index is -0.365. The zero-order valence-corrected chi connectivity index (χ0v) is 14.0. The van der Waals surface area contributed by atoms with Gasteiger partial charge >= 0.3 is 5.69 Å². The topological polar surface area (TPSA) is 99.0 Å². The van der Waals surface area contributed by atoms with Crippen molar-refractivity contribution in [2.24, 2.45) is 5.73 Å². The molecule has 1 aliphatic rings. The van der Waals surface area contributed by atoms with Crippen molar-refractivity contribution in [1.82, 2.24) is 14.9 Å². The fourth-order valence-corrected chi connectivity index (χ4v) is 3.39. The summed E-state index contributed by atoms with van der Waals surface area (Å²) in [4.78, 5) is 15.6. The predicted molar refractivity (Wildman–Crippen MR) is 96.2 cm³/mol. The first-order valence-electron chi connectivity index (χ1n) is 8.47. The summed E-state index contributed by atoms with van der Waals surface area (Å²) in [5.74, 6) is 0.236. The summed E-state index contributed by atoms with van der Waals surface area (Å²) >= 11 is 0. The second-order valence-corrected chi connectivity index (χ2v) is 6.71. The molecule has 24 heavy (non-hydrogen) atoms. The lowest BCUT2D eigenvalue weighted by Crippen LogP contribution is -2.37. The van der Waals surface area contributed by atoms with E-state index in [1.54, 1.807) is 12.3 Å². The van der Waals surface area contributed by atoms with Crippen molar-refractivity contribution in [3.8, 4) is 5.69 Å². The number of hydrogen-bond acceptors (Lipinski definition) is 5. The lowest BCUT2D eigenvalue weighted by Gasteiger charge is -2.19. The van der Waals surface area contributed by atoms with Gasteiger partial charge in [0.2, 0.25) is 0 Å². The van der Waals surface area contributed by atoms with E-state index in [2.05, 4.69) is 29.4 Å². The summed E-state index contributed by atoms with van der Waals surface area (Å²) in [7, 11) is 0. The van der Waals surface area contributed by atoms with Gasteiger partial charge in [0.1, 0.15) is 5.82 Å². The number of nitrogens with two attached hydrogens (primary N) is 2. The lowest BCUT2D eigenvalue weighted by molar-refractivity contribution is 0.444. The molecule has 3 rings (SSSR count). The molecular formula is C18H25N5O. The van der Waals surface area contributed by atoms with E-state index in [0.717, 1.165) is 31.4 Å². The number of hydrogen-bond donors (Lipinski definition) is 3. The van der Waals surface area contributed by atoms with Gasteiger partial charge in [-0.3, -0.25) is 4.57 Å². The Morgan fingerprint density at radius 3 is 2.67 bits per heavy atom. The van der Waals surface area contributed by atoms with Crippen LogP contribution in [0.15, 0.2) is 41.3 Å². The first kappa shape index (κ1) is 16.7. The van der Waals surface area contributed by atoms with Crippen molar-refractivity contribution in [1.29, 1.82) is 0 Å². The van der Waals surface area contributed by atoms with Crippen LogP contribution in [0, 0.1) is 0 Å². The third-order valence-electron chi connectivity index (χ3n) is 4.57. The molecule has 0 amide bonds. The third kappa shape index (κ3) is 4.01. The Morgan fingerprint density at radius 1 is 1.29 bits per heavy atom. The van der Waals surface area contributed by atoms with Crippen LogP contribution < -0.4 is 22.5 Å². The fraction of sp³-hybridized carbons (Fsp3) is 0.444. The second kappa shape index (κ2) is 7.15. The monoisotopic (exact) mass is 327 g/mol.